The zero-order chi connectivity index (χ0) is 12.0. The number of benzene rings is 2. The molecule has 2 aromatic carbocycles. The molecular formula is C12H13ClN2S. The molecule has 0 aliphatic carbocycles. The highest BCUT2D eigenvalue weighted by Crippen LogP contribution is 2.18. The molecule has 2 rings (SSSR count). The number of thiol groups is 1. The summed E-state index contributed by atoms with van der Waals surface area (Å²) in [5.74, 6) is 0. The number of hydrogen-bond acceptors (Lipinski definition) is 3. The molecular weight excluding hydrogens is 240 g/mol. The molecule has 0 spiro atoms. The van der Waals surface area contributed by atoms with Crippen LogP contribution in [0.2, 0.25) is 5.02 Å². The van der Waals surface area contributed by atoms with Crippen molar-refractivity contribution < 1.29 is 0 Å². The van der Waals surface area contributed by atoms with Crippen LogP contribution < -0.4 is 11.5 Å². The predicted octanol–water partition coefficient (Wildman–Crippen LogP) is 3.48. The van der Waals surface area contributed by atoms with Crippen LogP contribution in [0.4, 0.5) is 11.4 Å². The van der Waals surface area contributed by atoms with Crippen molar-refractivity contribution in [3.63, 3.8) is 0 Å². The summed E-state index contributed by atoms with van der Waals surface area (Å²) in [7, 11) is 0. The van der Waals surface area contributed by atoms with Crippen LogP contribution in [0.1, 0.15) is 0 Å². The van der Waals surface area contributed by atoms with Crippen molar-refractivity contribution in [2.24, 2.45) is 0 Å². The van der Waals surface area contributed by atoms with Crippen LogP contribution in [-0.2, 0) is 0 Å². The number of rotatable bonds is 0. The van der Waals surface area contributed by atoms with Gasteiger partial charge in [-0.25, -0.2) is 0 Å². The summed E-state index contributed by atoms with van der Waals surface area (Å²) >= 11 is 9.60. The lowest BCUT2D eigenvalue weighted by molar-refractivity contribution is 1.48. The van der Waals surface area contributed by atoms with Gasteiger partial charge in [0.2, 0.25) is 0 Å². The van der Waals surface area contributed by atoms with Crippen molar-refractivity contribution in [1.82, 2.24) is 0 Å². The van der Waals surface area contributed by atoms with Crippen LogP contribution >= 0.6 is 24.2 Å². The highest BCUT2D eigenvalue weighted by molar-refractivity contribution is 7.80. The van der Waals surface area contributed by atoms with Crippen molar-refractivity contribution in [1.29, 1.82) is 0 Å². The maximum absolute atomic E-state index is 5.54. The third-order valence-corrected chi connectivity index (χ3v) is 2.44. The zero-order valence-electron chi connectivity index (χ0n) is 8.60. The molecule has 0 aliphatic heterocycles. The van der Waals surface area contributed by atoms with E-state index in [9.17, 15) is 0 Å². The number of anilines is 2. The van der Waals surface area contributed by atoms with Gasteiger partial charge in [0.1, 0.15) is 0 Å². The van der Waals surface area contributed by atoms with Gasteiger partial charge in [-0.15, -0.1) is 12.6 Å². The van der Waals surface area contributed by atoms with Gasteiger partial charge in [0.15, 0.2) is 0 Å². The molecule has 0 saturated heterocycles. The van der Waals surface area contributed by atoms with Gasteiger partial charge >= 0.3 is 0 Å². The summed E-state index contributed by atoms with van der Waals surface area (Å²) in [5.41, 5.74) is 12.2. The smallest absolute Gasteiger partial charge is 0.0470 e. The molecule has 2 nitrogen and oxygen atoms in total. The Bertz CT molecular complexity index is 446. The Labute approximate surface area is 106 Å². The fraction of sp³-hybridized carbons (Fsp3) is 0. The summed E-state index contributed by atoms with van der Waals surface area (Å²) in [6.45, 7) is 0. The number of nitrogens with two attached hydrogens (primary N) is 2. The van der Waals surface area contributed by atoms with E-state index >= 15 is 0 Å². The molecule has 0 aromatic heterocycles. The number of halogens is 1. The minimum absolute atomic E-state index is 0.623. The Kier molecular flexibility index (Phi) is 5.02. The molecule has 4 heteroatoms. The summed E-state index contributed by atoms with van der Waals surface area (Å²) in [4.78, 5) is 0.768. The van der Waals surface area contributed by atoms with E-state index < -0.39 is 0 Å². The normalized spacial score (nSPS) is 9.12. The summed E-state index contributed by atoms with van der Waals surface area (Å²) in [6.07, 6.45) is 0. The highest BCUT2D eigenvalue weighted by atomic mass is 35.5. The lowest BCUT2D eigenvalue weighted by Crippen LogP contribution is -1.89. The van der Waals surface area contributed by atoms with Gasteiger partial charge < -0.3 is 11.5 Å². The van der Waals surface area contributed by atoms with Crippen molar-refractivity contribution >= 4 is 35.6 Å². The first-order valence-corrected chi connectivity index (χ1v) is 5.46. The van der Waals surface area contributed by atoms with Crippen molar-refractivity contribution in [2.45, 2.75) is 4.90 Å². The highest BCUT2D eigenvalue weighted by Gasteiger charge is 1.91. The van der Waals surface area contributed by atoms with Gasteiger partial charge in [0.05, 0.1) is 0 Å². The fourth-order valence-electron chi connectivity index (χ4n) is 0.988. The van der Waals surface area contributed by atoms with Crippen LogP contribution in [0.25, 0.3) is 0 Å². The van der Waals surface area contributed by atoms with Gasteiger partial charge in [-0.1, -0.05) is 29.8 Å². The minimum atomic E-state index is 0.623. The van der Waals surface area contributed by atoms with Gasteiger partial charge in [-0.3, -0.25) is 0 Å². The molecule has 0 atom stereocenters. The van der Waals surface area contributed by atoms with E-state index in [1.165, 1.54) is 0 Å². The molecule has 2 aromatic rings. The lowest BCUT2D eigenvalue weighted by atomic mass is 10.3. The Morgan fingerprint density at radius 3 is 1.94 bits per heavy atom. The van der Waals surface area contributed by atoms with E-state index in [0.29, 0.717) is 11.4 Å². The molecule has 0 unspecified atom stereocenters. The second kappa shape index (κ2) is 6.30. The lowest BCUT2D eigenvalue weighted by Gasteiger charge is -1.97. The summed E-state index contributed by atoms with van der Waals surface area (Å²) < 4.78 is 0. The molecule has 0 aliphatic rings. The molecule has 0 heterocycles. The van der Waals surface area contributed by atoms with Crippen LogP contribution in [0, 0.1) is 0 Å². The quantitative estimate of drug-likeness (QED) is 0.497. The van der Waals surface area contributed by atoms with Crippen LogP contribution in [0.3, 0.4) is 0 Å². The van der Waals surface area contributed by atoms with Crippen LogP contribution in [-0.4, -0.2) is 0 Å². The van der Waals surface area contributed by atoms with E-state index in [-0.39, 0.29) is 0 Å². The second-order valence-electron chi connectivity index (χ2n) is 3.11. The number of nitrogen functional groups attached to an aromatic ring is 2. The molecule has 0 amide bonds. The maximum Gasteiger partial charge on any atom is 0.0470 e. The standard InChI is InChI=1S/C6H5Cl.C6H8N2S/c7-6-4-2-1-3-5-6;7-4-1-2-6(9)5(8)3-4/h1-5H;1-3,9H,7-8H2. The van der Waals surface area contributed by atoms with Crippen LogP contribution in [0.5, 0.6) is 0 Å². The average Bonchev–Trinajstić information content (AvgIpc) is 2.26. The second-order valence-corrected chi connectivity index (χ2v) is 4.03. The van der Waals surface area contributed by atoms with E-state index in [2.05, 4.69) is 12.6 Å². The predicted molar refractivity (Wildman–Crippen MR) is 74.0 cm³/mol. The summed E-state index contributed by atoms with van der Waals surface area (Å²) in [6, 6.07) is 14.7. The van der Waals surface area contributed by atoms with Gasteiger partial charge in [-0.2, -0.15) is 0 Å². The Morgan fingerprint density at radius 2 is 1.56 bits per heavy atom. The molecule has 0 fully saturated rings. The van der Waals surface area contributed by atoms with Gasteiger partial charge in [-0.05, 0) is 30.3 Å². The topological polar surface area (TPSA) is 52.0 Å². The first-order valence-electron chi connectivity index (χ1n) is 4.64. The third-order valence-electron chi connectivity index (χ3n) is 1.78. The molecule has 0 saturated carbocycles. The Balaban J connectivity index is 0.000000165. The monoisotopic (exact) mass is 252 g/mol. The van der Waals surface area contributed by atoms with E-state index in [1.54, 1.807) is 18.2 Å². The zero-order valence-corrected chi connectivity index (χ0v) is 10.2. The van der Waals surface area contributed by atoms with Crippen molar-refractivity contribution in [3.8, 4) is 0 Å². The molecule has 16 heavy (non-hydrogen) atoms. The molecule has 0 bridgehead atoms. The SMILES string of the molecule is Clc1ccccc1.Nc1ccc(S)c(N)c1. The average molecular weight is 253 g/mol. The maximum atomic E-state index is 5.54. The van der Waals surface area contributed by atoms with Crippen molar-refractivity contribution in [3.05, 3.63) is 53.6 Å². The fourth-order valence-corrected chi connectivity index (χ4v) is 1.27. The first kappa shape index (κ1) is 12.7. The minimum Gasteiger partial charge on any atom is -0.399 e. The van der Waals surface area contributed by atoms with E-state index in [1.807, 2.05) is 30.3 Å². The van der Waals surface area contributed by atoms with Crippen molar-refractivity contribution in [2.75, 3.05) is 11.5 Å². The largest absolute Gasteiger partial charge is 0.399 e. The molecule has 4 N–H and O–H groups in total. The van der Waals surface area contributed by atoms with E-state index in [4.69, 9.17) is 23.1 Å². The van der Waals surface area contributed by atoms with Crippen LogP contribution in [0.15, 0.2) is 53.4 Å². The van der Waals surface area contributed by atoms with E-state index in [0.717, 1.165) is 9.92 Å². The Hall–Kier alpha value is -1.32. The van der Waals surface area contributed by atoms with Gasteiger partial charge in [0, 0.05) is 21.3 Å². The molecule has 0 radical (unpaired) electrons. The Morgan fingerprint density at radius 1 is 0.938 bits per heavy atom. The first-order chi connectivity index (χ1) is 7.59. The van der Waals surface area contributed by atoms with Gasteiger partial charge in [0.25, 0.3) is 0 Å². The molecule has 84 valence electrons. The third kappa shape index (κ3) is 4.47. The summed E-state index contributed by atoms with van der Waals surface area (Å²) in [5, 5.41) is 0.794. The number of hydrogen-bond donors (Lipinski definition) is 3.